The normalized spacial score (nSPS) is 26.2. The largest absolute Gasteiger partial charge is 0.481 e. The molecule has 0 saturated heterocycles. The van der Waals surface area contributed by atoms with Crippen molar-refractivity contribution in [2.24, 2.45) is 11.7 Å². The minimum Gasteiger partial charge on any atom is -0.481 e. The van der Waals surface area contributed by atoms with Gasteiger partial charge in [-0.05, 0) is 32.1 Å². The summed E-state index contributed by atoms with van der Waals surface area (Å²) in [5, 5.41) is 11.8. The van der Waals surface area contributed by atoms with Gasteiger partial charge in [0.05, 0.1) is 12.0 Å². The molecule has 5 nitrogen and oxygen atoms in total. The molecule has 0 spiro atoms. The van der Waals surface area contributed by atoms with Gasteiger partial charge in [0.2, 0.25) is 5.91 Å². The molecule has 98 valence electrons. The van der Waals surface area contributed by atoms with Crippen LogP contribution in [0.2, 0.25) is 0 Å². The number of hydrogen-bond donors (Lipinski definition) is 3. The van der Waals surface area contributed by atoms with Crippen molar-refractivity contribution in [2.75, 3.05) is 0 Å². The molecular weight excluding hydrogens is 220 g/mol. The molecule has 1 fully saturated rings. The van der Waals surface area contributed by atoms with Gasteiger partial charge in [-0.1, -0.05) is 13.3 Å². The monoisotopic (exact) mass is 242 g/mol. The summed E-state index contributed by atoms with van der Waals surface area (Å²) in [5.74, 6) is -1.07. The highest BCUT2D eigenvalue weighted by atomic mass is 16.4. The van der Waals surface area contributed by atoms with Gasteiger partial charge >= 0.3 is 5.97 Å². The molecule has 1 saturated carbocycles. The lowest BCUT2D eigenvalue weighted by Crippen LogP contribution is -2.46. The molecule has 5 heteroatoms. The van der Waals surface area contributed by atoms with Crippen molar-refractivity contribution in [3.05, 3.63) is 0 Å². The van der Waals surface area contributed by atoms with Crippen molar-refractivity contribution in [3.63, 3.8) is 0 Å². The highest BCUT2D eigenvalue weighted by Gasteiger charge is 2.27. The van der Waals surface area contributed by atoms with Crippen molar-refractivity contribution in [3.8, 4) is 0 Å². The van der Waals surface area contributed by atoms with Crippen LogP contribution in [0.1, 0.15) is 45.4 Å². The molecule has 17 heavy (non-hydrogen) atoms. The SMILES string of the molecule is CCC[C@@H](N)C(=O)NC1CCC(C(=O)O)CC1. The van der Waals surface area contributed by atoms with E-state index in [0.717, 1.165) is 19.3 Å². The fraction of sp³-hybridized carbons (Fsp3) is 0.833. The number of rotatable bonds is 5. The summed E-state index contributed by atoms with van der Waals surface area (Å²) in [6.45, 7) is 1.99. The number of nitrogens with two attached hydrogens (primary N) is 1. The van der Waals surface area contributed by atoms with Crippen molar-refractivity contribution < 1.29 is 14.7 Å². The molecule has 1 rings (SSSR count). The Bertz CT molecular complexity index is 273. The fourth-order valence-corrected chi connectivity index (χ4v) is 2.24. The summed E-state index contributed by atoms with van der Waals surface area (Å²) in [4.78, 5) is 22.4. The van der Waals surface area contributed by atoms with E-state index in [1.807, 2.05) is 6.92 Å². The van der Waals surface area contributed by atoms with Crippen molar-refractivity contribution in [1.29, 1.82) is 0 Å². The van der Waals surface area contributed by atoms with Crippen molar-refractivity contribution >= 4 is 11.9 Å². The second-order valence-electron chi connectivity index (χ2n) is 4.79. The second kappa shape index (κ2) is 6.59. The quantitative estimate of drug-likeness (QED) is 0.667. The number of amides is 1. The fourth-order valence-electron chi connectivity index (χ4n) is 2.24. The maximum Gasteiger partial charge on any atom is 0.306 e. The maximum absolute atomic E-state index is 11.7. The number of carbonyl (C=O) groups is 2. The summed E-state index contributed by atoms with van der Waals surface area (Å²) in [5.41, 5.74) is 5.71. The van der Waals surface area contributed by atoms with E-state index in [1.165, 1.54) is 0 Å². The Hall–Kier alpha value is -1.10. The van der Waals surface area contributed by atoms with E-state index in [0.29, 0.717) is 19.3 Å². The summed E-state index contributed by atoms with van der Waals surface area (Å²) < 4.78 is 0. The third-order valence-corrected chi connectivity index (χ3v) is 3.36. The number of nitrogens with one attached hydrogen (secondary N) is 1. The highest BCUT2D eigenvalue weighted by Crippen LogP contribution is 2.24. The third-order valence-electron chi connectivity index (χ3n) is 3.36. The van der Waals surface area contributed by atoms with Gasteiger partial charge in [-0.25, -0.2) is 0 Å². The van der Waals surface area contributed by atoms with E-state index < -0.39 is 12.0 Å². The van der Waals surface area contributed by atoms with E-state index in [4.69, 9.17) is 10.8 Å². The summed E-state index contributed by atoms with van der Waals surface area (Å²) in [6, 6.07) is -0.335. The van der Waals surface area contributed by atoms with Crippen LogP contribution in [0, 0.1) is 5.92 Å². The molecular formula is C12H22N2O3. The molecule has 1 amide bonds. The maximum atomic E-state index is 11.7. The number of carbonyl (C=O) groups excluding carboxylic acids is 1. The van der Waals surface area contributed by atoms with Crippen molar-refractivity contribution in [1.82, 2.24) is 5.32 Å². The second-order valence-corrected chi connectivity index (χ2v) is 4.79. The Morgan fingerprint density at radius 2 is 1.94 bits per heavy atom. The molecule has 0 unspecified atom stereocenters. The van der Waals surface area contributed by atoms with E-state index in [2.05, 4.69) is 5.32 Å². The first-order valence-electron chi connectivity index (χ1n) is 6.33. The molecule has 0 aromatic rings. The van der Waals surface area contributed by atoms with Crippen LogP contribution < -0.4 is 11.1 Å². The molecule has 0 heterocycles. The van der Waals surface area contributed by atoms with Crippen LogP contribution in [0.25, 0.3) is 0 Å². The van der Waals surface area contributed by atoms with Crippen molar-refractivity contribution in [2.45, 2.75) is 57.5 Å². The van der Waals surface area contributed by atoms with Crippen LogP contribution in [0.4, 0.5) is 0 Å². The van der Waals surface area contributed by atoms with Gasteiger partial charge in [-0.15, -0.1) is 0 Å². The average Bonchev–Trinajstić information content (AvgIpc) is 2.30. The van der Waals surface area contributed by atoms with Gasteiger partial charge in [0, 0.05) is 6.04 Å². The number of aliphatic carboxylic acids is 1. The van der Waals surface area contributed by atoms with Crippen LogP contribution in [0.15, 0.2) is 0 Å². The molecule has 4 N–H and O–H groups in total. The minimum absolute atomic E-state index is 0.0982. The molecule has 0 aromatic carbocycles. The Balaban J connectivity index is 2.30. The molecule has 1 aliphatic rings. The zero-order valence-electron chi connectivity index (χ0n) is 10.3. The Morgan fingerprint density at radius 3 is 2.41 bits per heavy atom. The number of carboxylic acids is 1. The Labute approximate surface area is 102 Å². The molecule has 1 atom stereocenters. The standard InChI is InChI=1S/C12H22N2O3/c1-2-3-10(13)11(15)14-9-6-4-8(5-7-9)12(16)17/h8-10H,2-7,13H2,1H3,(H,14,15)(H,16,17)/t8?,9?,10-/m1/s1. The van der Waals surface area contributed by atoms with E-state index in [9.17, 15) is 9.59 Å². The van der Waals surface area contributed by atoms with Crippen LogP contribution in [-0.2, 0) is 9.59 Å². The van der Waals surface area contributed by atoms with Gasteiger partial charge in [-0.3, -0.25) is 9.59 Å². The van der Waals surface area contributed by atoms with Crippen LogP contribution in [0.5, 0.6) is 0 Å². The smallest absolute Gasteiger partial charge is 0.306 e. The van der Waals surface area contributed by atoms with Gasteiger partial charge in [0.15, 0.2) is 0 Å². The predicted molar refractivity (Wildman–Crippen MR) is 64.4 cm³/mol. The van der Waals surface area contributed by atoms with Gasteiger partial charge in [-0.2, -0.15) is 0 Å². The molecule has 0 aliphatic heterocycles. The number of hydrogen-bond acceptors (Lipinski definition) is 3. The average molecular weight is 242 g/mol. The van der Waals surface area contributed by atoms with Gasteiger partial charge in [0.1, 0.15) is 0 Å². The third kappa shape index (κ3) is 4.34. The van der Waals surface area contributed by atoms with E-state index in [-0.39, 0.29) is 17.9 Å². The molecule has 0 radical (unpaired) electrons. The molecule has 1 aliphatic carbocycles. The Kier molecular flexibility index (Phi) is 5.41. The van der Waals surface area contributed by atoms with E-state index in [1.54, 1.807) is 0 Å². The topological polar surface area (TPSA) is 92.4 Å². The summed E-state index contributed by atoms with van der Waals surface area (Å²) >= 11 is 0. The first kappa shape index (κ1) is 14.0. The zero-order chi connectivity index (χ0) is 12.8. The first-order chi connectivity index (χ1) is 8.04. The molecule has 0 bridgehead atoms. The van der Waals surface area contributed by atoms with Crippen LogP contribution in [-0.4, -0.2) is 29.1 Å². The van der Waals surface area contributed by atoms with Crippen LogP contribution >= 0.6 is 0 Å². The highest BCUT2D eigenvalue weighted by molar-refractivity contribution is 5.81. The summed E-state index contributed by atoms with van der Waals surface area (Å²) in [7, 11) is 0. The van der Waals surface area contributed by atoms with Gasteiger partial charge in [0.25, 0.3) is 0 Å². The lowest BCUT2D eigenvalue weighted by atomic mass is 9.86. The molecule has 0 aromatic heterocycles. The predicted octanol–water partition coefficient (Wildman–Crippen LogP) is 0.873. The zero-order valence-corrected chi connectivity index (χ0v) is 10.3. The first-order valence-corrected chi connectivity index (χ1v) is 6.33. The van der Waals surface area contributed by atoms with Crippen LogP contribution in [0.3, 0.4) is 0 Å². The lowest BCUT2D eigenvalue weighted by molar-refractivity contribution is -0.142. The summed E-state index contributed by atoms with van der Waals surface area (Å²) in [6.07, 6.45) is 4.34. The van der Waals surface area contributed by atoms with E-state index >= 15 is 0 Å². The number of carboxylic acid groups (broad SMARTS) is 1. The minimum atomic E-state index is -0.725. The van der Waals surface area contributed by atoms with Gasteiger partial charge < -0.3 is 16.2 Å². The Morgan fingerprint density at radius 1 is 1.35 bits per heavy atom. The lowest BCUT2D eigenvalue weighted by Gasteiger charge is -2.27.